The summed E-state index contributed by atoms with van der Waals surface area (Å²) in [5, 5.41) is 3.95. The van der Waals surface area contributed by atoms with Crippen LogP contribution in [0.1, 0.15) is 32.6 Å². The second kappa shape index (κ2) is 9.54. The molecule has 0 radical (unpaired) electrons. The average Bonchev–Trinajstić information content (AvgIpc) is 3.33. The number of aromatic amines is 1. The number of nitrogens with one attached hydrogen (secondary N) is 2. The number of pyridine rings is 3. The number of benzene rings is 1. The van der Waals surface area contributed by atoms with Crippen molar-refractivity contribution in [3.05, 3.63) is 130 Å². The monoisotopic (exact) mass is 449 g/mol. The molecule has 0 atom stereocenters. The fourth-order valence-electron chi connectivity index (χ4n) is 3.86. The lowest BCUT2D eigenvalue weighted by Crippen LogP contribution is -2.23. The smallest absolute Gasteiger partial charge is 0.253 e. The normalized spacial score (nSPS) is 10.9. The fraction of sp³-hybridized carbons (Fsp3) is 0.111. The molecule has 5 aromatic rings. The summed E-state index contributed by atoms with van der Waals surface area (Å²) in [6, 6.07) is 19.1. The van der Waals surface area contributed by atoms with Crippen LogP contribution in [-0.2, 0) is 19.5 Å². The van der Waals surface area contributed by atoms with Crippen LogP contribution >= 0.6 is 0 Å². The number of aromatic nitrogens is 4. The van der Waals surface area contributed by atoms with Gasteiger partial charge < -0.3 is 14.9 Å². The maximum Gasteiger partial charge on any atom is 0.253 e. The van der Waals surface area contributed by atoms with Gasteiger partial charge in [0.25, 0.3) is 11.5 Å². The van der Waals surface area contributed by atoms with Gasteiger partial charge in [0, 0.05) is 49.0 Å². The maximum atomic E-state index is 12.7. The van der Waals surface area contributed by atoms with Crippen LogP contribution in [0.5, 0.6) is 0 Å². The van der Waals surface area contributed by atoms with Crippen molar-refractivity contribution in [1.82, 2.24) is 24.8 Å². The predicted molar refractivity (Wildman–Crippen MR) is 131 cm³/mol. The van der Waals surface area contributed by atoms with Crippen LogP contribution in [0, 0.1) is 0 Å². The minimum atomic E-state index is -0.174. The molecule has 0 fully saturated rings. The third kappa shape index (κ3) is 4.94. The molecule has 7 heteroatoms. The van der Waals surface area contributed by atoms with Crippen LogP contribution in [0.15, 0.2) is 96.4 Å². The van der Waals surface area contributed by atoms with E-state index in [9.17, 15) is 9.59 Å². The number of rotatable bonds is 7. The van der Waals surface area contributed by atoms with E-state index in [2.05, 4.69) is 20.3 Å². The molecule has 0 aliphatic carbocycles. The highest BCUT2D eigenvalue weighted by atomic mass is 16.1. The first-order valence-electron chi connectivity index (χ1n) is 11.0. The van der Waals surface area contributed by atoms with Gasteiger partial charge in [0.15, 0.2) is 0 Å². The summed E-state index contributed by atoms with van der Waals surface area (Å²) in [6.07, 6.45) is 9.40. The highest BCUT2D eigenvalue weighted by Crippen LogP contribution is 2.14. The molecule has 0 bridgehead atoms. The van der Waals surface area contributed by atoms with Crippen molar-refractivity contribution in [3.63, 3.8) is 0 Å². The summed E-state index contributed by atoms with van der Waals surface area (Å²) >= 11 is 0. The van der Waals surface area contributed by atoms with Gasteiger partial charge in [-0.05, 0) is 52.9 Å². The molecule has 0 saturated carbocycles. The van der Waals surface area contributed by atoms with Crippen molar-refractivity contribution in [3.8, 4) is 0 Å². The standard InChI is InChI=1S/C27H23N5O2/c33-25-3-1-2-10-32(25)18-20-6-4-19(5-7-20)11-21-12-24(17-28-14-21)27(34)31-16-22-13-23-8-9-29-26(23)30-15-22/h1-10,12-15,17H,11,16,18H2,(H,29,30)(H,31,34). The molecule has 0 spiro atoms. The van der Waals surface area contributed by atoms with Gasteiger partial charge in [-0.25, -0.2) is 4.98 Å². The van der Waals surface area contributed by atoms with Crippen molar-refractivity contribution < 1.29 is 4.79 Å². The quantitative estimate of drug-likeness (QED) is 0.396. The molecule has 0 aliphatic heterocycles. The van der Waals surface area contributed by atoms with E-state index in [1.165, 1.54) is 0 Å². The second-order valence-electron chi connectivity index (χ2n) is 8.18. The molecule has 7 nitrogen and oxygen atoms in total. The highest BCUT2D eigenvalue weighted by molar-refractivity contribution is 5.94. The molecule has 4 heterocycles. The summed E-state index contributed by atoms with van der Waals surface area (Å²) in [6.45, 7) is 0.923. The van der Waals surface area contributed by atoms with Gasteiger partial charge in [0.05, 0.1) is 12.1 Å². The highest BCUT2D eigenvalue weighted by Gasteiger charge is 2.09. The molecular weight excluding hydrogens is 426 g/mol. The Labute approximate surface area is 196 Å². The SMILES string of the molecule is O=C(NCc1cnc2[nH]ccc2c1)c1cncc(Cc2ccc(Cn3ccccc3=O)cc2)c1. The Morgan fingerprint density at radius 2 is 1.76 bits per heavy atom. The van der Waals surface area contributed by atoms with E-state index in [1.54, 1.807) is 41.5 Å². The Morgan fingerprint density at radius 1 is 0.912 bits per heavy atom. The molecule has 1 aromatic carbocycles. The summed E-state index contributed by atoms with van der Waals surface area (Å²) < 4.78 is 1.67. The zero-order chi connectivity index (χ0) is 23.3. The molecule has 1 amide bonds. The number of hydrogen-bond donors (Lipinski definition) is 2. The van der Waals surface area contributed by atoms with E-state index in [4.69, 9.17) is 0 Å². The van der Waals surface area contributed by atoms with Gasteiger partial charge in [-0.15, -0.1) is 0 Å². The van der Waals surface area contributed by atoms with Crippen LogP contribution in [-0.4, -0.2) is 25.4 Å². The number of carbonyl (C=O) groups excluding carboxylic acids is 1. The minimum Gasteiger partial charge on any atom is -0.348 e. The van der Waals surface area contributed by atoms with Gasteiger partial charge in [0.2, 0.25) is 0 Å². The van der Waals surface area contributed by atoms with Crippen LogP contribution in [0.4, 0.5) is 0 Å². The first kappa shape index (κ1) is 21.3. The third-order valence-electron chi connectivity index (χ3n) is 5.65. The van der Waals surface area contributed by atoms with Crippen LogP contribution in [0.3, 0.4) is 0 Å². The van der Waals surface area contributed by atoms with Crippen molar-refractivity contribution in [2.45, 2.75) is 19.5 Å². The molecule has 5 rings (SSSR count). The lowest BCUT2D eigenvalue weighted by Gasteiger charge is -2.08. The number of carbonyl (C=O) groups is 1. The summed E-state index contributed by atoms with van der Waals surface area (Å²) in [5.41, 5.74) is 5.37. The number of H-pyrrole nitrogens is 1. The van der Waals surface area contributed by atoms with E-state index in [-0.39, 0.29) is 11.5 Å². The van der Waals surface area contributed by atoms with Crippen molar-refractivity contribution in [2.75, 3.05) is 0 Å². The Morgan fingerprint density at radius 3 is 2.62 bits per heavy atom. The zero-order valence-corrected chi connectivity index (χ0v) is 18.4. The minimum absolute atomic E-state index is 0.0194. The summed E-state index contributed by atoms with van der Waals surface area (Å²) in [4.78, 5) is 36.3. The first-order chi connectivity index (χ1) is 16.6. The molecule has 0 unspecified atom stereocenters. The van der Waals surface area contributed by atoms with Gasteiger partial charge in [-0.1, -0.05) is 30.3 Å². The molecule has 0 aliphatic rings. The number of fused-ring (bicyclic) bond motifs is 1. The summed E-state index contributed by atoms with van der Waals surface area (Å²) in [7, 11) is 0. The van der Waals surface area contributed by atoms with Crippen molar-refractivity contribution in [1.29, 1.82) is 0 Å². The molecule has 2 N–H and O–H groups in total. The van der Waals surface area contributed by atoms with E-state index in [0.29, 0.717) is 25.1 Å². The lowest BCUT2D eigenvalue weighted by atomic mass is 10.0. The zero-order valence-electron chi connectivity index (χ0n) is 18.4. The first-order valence-corrected chi connectivity index (χ1v) is 11.0. The van der Waals surface area contributed by atoms with Crippen LogP contribution in [0.25, 0.3) is 11.0 Å². The molecule has 168 valence electrons. The fourth-order valence-corrected chi connectivity index (χ4v) is 3.86. The van der Waals surface area contributed by atoms with E-state index < -0.39 is 0 Å². The molecule has 4 aromatic heterocycles. The van der Waals surface area contributed by atoms with Crippen LogP contribution in [0.2, 0.25) is 0 Å². The van der Waals surface area contributed by atoms with Gasteiger partial charge >= 0.3 is 0 Å². The lowest BCUT2D eigenvalue weighted by molar-refractivity contribution is 0.0950. The largest absolute Gasteiger partial charge is 0.348 e. The number of nitrogens with zero attached hydrogens (tertiary/aromatic N) is 3. The van der Waals surface area contributed by atoms with Gasteiger partial charge in [-0.3, -0.25) is 14.6 Å². The van der Waals surface area contributed by atoms with Gasteiger partial charge in [-0.2, -0.15) is 0 Å². The van der Waals surface area contributed by atoms with Crippen molar-refractivity contribution >= 4 is 16.9 Å². The van der Waals surface area contributed by atoms with E-state index >= 15 is 0 Å². The number of hydrogen-bond acceptors (Lipinski definition) is 4. The van der Waals surface area contributed by atoms with Gasteiger partial charge in [0.1, 0.15) is 5.65 Å². The third-order valence-corrected chi connectivity index (χ3v) is 5.65. The van der Waals surface area contributed by atoms with E-state index in [1.807, 2.05) is 54.7 Å². The Balaban J connectivity index is 1.21. The van der Waals surface area contributed by atoms with Crippen LogP contribution < -0.4 is 10.9 Å². The predicted octanol–water partition coefficient (Wildman–Crippen LogP) is 3.69. The average molecular weight is 450 g/mol. The summed E-state index contributed by atoms with van der Waals surface area (Å²) in [5.74, 6) is -0.174. The molecule has 34 heavy (non-hydrogen) atoms. The Kier molecular flexibility index (Phi) is 5.99. The maximum absolute atomic E-state index is 12.7. The Hall–Kier alpha value is -4.52. The topological polar surface area (TPSA) is 92.7 Å². The van der Waals surface area contributed by atoms with Crippen molar-refractivity contribution in [2.24, 2.45) is 0 Å². The number of amides is 1. The second-order valence-corrected chi connectivity index (χ2v) is 8.18. The molecule has 0 saturated heterocycles. The van der Waals surface area contributed by atoms with E-state index in [0.717, 1.165) is 33.3 Å². The Bertz CT molecular complexity index is 1500. The molecular formula is C27H23N5O2.